The summed E-state index contributed by atoms with van der Waals surface area (Å²) in [6.45, 7) is 0.103. The fourth-order valence-electron chi connectivity index (χ4n) is 1.38. The first-order chi connectivity index (χ1) is 9.06. The average Bonchev–Trinajstić information content (AvgIpc) is 2.79. The van der Waals surface area contributed by atoms with E-state index in [-0.39, 0.29) is 6.54 Å². The fraction of sp³-hybridized carbons (Fsp3) is 0.0833. The maximum absolute atomic E-state index is 10.8. The highest BCUT2D eigenvalue weighted by Crippen LogP contribution is 2.34. The van der Waals surface area contributed by atoms with Crippen molar-refractivity contribution < 1.29 is 10.0 Å². The van der Waals surface area contributed by atoms with E-state index in [9.17, 15) is 10.0 Å². The van der Waals surface area contributed by atoms with Crippen LogP contribution in [0.3, 0.4) is 0 Å². The number of primary amides is 1. The van der Waals surface area contributed by atoms with Crippen LogP contribution in [0.1, 0.15) is 4.88 Å². The number of nitrogens with zero attached hydrogens (tertiary/aromatic N) is 1. The molecule has 0 bridgehead atoms. The molecule has 0 aliphatic carbocycles. The molecule has 0 aliphatic heterocycles. The molecule has 100 valence electrons. The maximum atomic E-state index is 10.8. The SMILES string of the molecule is NC(=O)N(O)Cc1sccc1Sc1ccc(Br)cc1. The number of hydroxylamine groups is 2. The molecule has 0 unspecified atom stereocenters. The van der Waals surface area contributed by atoms with Crippen LogP contribution in [0, 0.1) is 0 Å². The molecule has 1 aromatic carbocycles. The number of carbonyl (C=O) groups is 1. The number of halogens is 1. The highest BCUT2D eigenvalue weighted by molar-refractivity contribution is 9.10. The molecular weight excluding hydrogens is 348 g/mol. The quantitative estimate of drug-likeness (QED) is 0.642. The Morgan fingerprint density at radius 1 is 1.37 bits per heavy atom. The van der Waals surface area contributed by atoms with E-state index in [1.54, 1.807) is 11.8 Å². The zero-order chi connectivity index (χ0) is 13.8. The monoisotopic (exact) mass is 358 g/mol. The van der Waals surface area contributed by atoms with Crippen molar-refractivity contribution in [2.45, 2.75) is 16.3 Å². The van der Waals surface area contributed by atoms with Crippen LogP contribution in [0.2, 0.25) is 0 Å². The average molecular weight is 359 g/mol. The Morgan fingerprint density at radius 3 is 2.68 bits per heavy atom. The Kier molecular flexibility index (Phi) is 4.87. The number of benzene rings is 1. The van der Waals surface area contributed by atoms with Crippen LogP contribution in [-0.4, -0.2) is 16.3 Å². The molecule has 0 saturated carbocycles. The minimum absolute atomic E-state index is 0.103. The van der Waals surface area contributed by atoms with Crippen molar-refractivity contribution in [2.75, 3.05) is 0 Å². The summed E-state index contributed by atoms with van der Waals surface area (Å²) in [5.74, 6) is 0. The van der Waals surface area contributed by atoms with E-state index in [4.69, 9.17) is 5.73 Å². The van der Waals surface area contributed by atoms with Gasteiger partial charge in [0, 0.05) is 19.1 Å². The molecule has 0 fully saturated rings. The third kappa shape index (κ3) is 3.97. The largest absolute Gasteiger partial charge is 0.350 e. The number of urea groups is 1. The summed E-state index contributed by atoms with van der Waals surface area (Å²) >= 11 is 6.45. The van der Waals surface area contributed by atoms with Crippen LogP contribution < -0.4 is 5.73 Å². The first-order valence-electron chi connectivity index (χ1n) is 5.32. The second-order valence-electron chi connectivity index (χ2n) is 3.66. The molecule has 4 nitrogen and oxygen atoms in total. The minimum Gasteiger partial charge on any atom is -0.350 e. The highest BCUT2D eigenvalue weighted by atomic mass is 79.9. The number of thiophene rings is 1. The van der Waals surface area contributed by atoms with E-state index in [0.717, 1.165) is 19.1 Å². The summed E-state index contributed by atoms with van der Waals surface area (Å²) < 4.78 is 1.03. The van der Waals surface area contributed by atoms with Crippen molar-refractivity contribution in [2.24, 2.45) is 5.73 Å². The molecule has 1 heterocycles. The standard InChI is InChI=1S/C12H11BrN2O2S2/c13-8-1-3-9(4-2-8)19-10-5-6-18-11(10)7-15(17)12(14)16/h1-6,17H,7H2,(H2,14,16). The number of hydrogen-bond donors (Lipinski definition) is 2. The molecular formula is C12H11BrN2O2S2. The molecule has 2 aromatic rings. The fourth-order valence-corrected chi connectivity index (χ4v) is 3.59. The van der Waals surface area contributed by atoms with Gasteiger partial charge in [-0.1, -0.05) is 27.7 Å². The van der Waals surface area contributed by atoms with Crippen molar-refractivity contribution in [1.82, 2.24) is 5.06 Å². The van der Waals surface area contributed by atoms with Gasteiger partial charge in [-0.3, -0.25) is 5.21 Å². The molecule has 7 heteroatoms. The molecule has 0 aliphatic rings. The van der Waals surface area contributed by atoms with Crippen molar-refractivity contribution in [3.05, 3.63) is 45.1 Å². The Hall–Kier alpha value is -1.02. The Balaban J connectivity index is 2.11. The van der Waals surface area contributed by atoms with Gasteiger partial charge in [0.15, 0.2) is 0 Å². The zero-order valence-corrected chi connectivity index (χ0v) is 13.0. The molecule has 0 saturated heterocycles. The van der Waals surface area contributed by atoms with Crippen LogP contribution in [0.25, 0.3) is 0 Å². The third-order valence-corrected chi connectivity index (χ3v) is 4.97. The Labute approximate surface area is 127 Å². The van der Waals surface area contributed by atoms with Crippen molar-refractivity contribution in [3.8, 4) is 0 Å². The summed E-state index contributed by atoms with van der Waals surface area (Å²) in [4.78, 5) is 13.8. The van der Waals surface area contributed by atoms with Crippen molar-refractivity contribution >= 4 is 45.1 Å². The number of rotatable bonds is 4. The lowest BCUT2D eigenvalue weighted by Crippen LogP contribution is -2.31. The predicted octanol–water partition coefficient (Wildman–Crippen LogP) is 3.93. The number of nitrogens with two attached hydrogens (primary N) is 1. The normalized spacial score (nSPS) is 10.4. The summed E-state index contributed by atoms with van der Waals surface area (Å²) in [6.07, 6.45) is 0. The van der Waals surface area contributed by atoms with Crippen LogP contribution in [0.4, 0.5) is 4.79 Å². The molecule has 0 spiro atoms. The number of amides is 2. The first kappa shape index (κ1) is 14.4. The van der Waals surface area contributed by atoms with E-state index in [1.807, 2.05) is 35.7 Å². The van der Waals surface area contributed by atoms with Gasteiger partial charge in [-0.2, -0.15) is 0 Å². The molecule has 0 radical (unpaired) electrons. The highest BCUT2D eigenvalue weighted by Gasteiger charge is 2.12. The molecule has 3 N–H and O–H groups in total. The zero-order valence-electron chi connectivity index (χ0n) is 9.75. The lowest BCUT2D eigenvalue weighted by molar-refractivity contribution is -0.0467. The van der Waals surface area contributed by atoms with Gasteiger partial charge in [0.25, 0.3) is 0 Å². The van der Waals surface area contributed by atoms with Gasteiger partial charge in [0.1, 0.15) is 0 Å². The maximum Gasteiger partial charge on any atom is 0.338 e. The number of carbonyl (C=O) groups excluding carboxylic acids is 1. The van der Waals surface area contributed by atoms with Gasteiger partial charge in [0.05, 0.1) is 6.54 Å². The van der Waals surface area contributed by atoms with E-state index in [0.29, 0.717) is 5.06 Å². The lowest BCUT2D eigenvalue weighted by atomic mass is 10.4. The first-order valence-corrected chi connectivity index (χ1v) is 7.81. The summed E-state index contributed by atoms with van der Waals surface area (Å²) in [7, 11) is 0. The van der Waals surface area contributed by atoms with E-state index < -0.39 is 6.03 Å². The second-order valence-corrected chi connectivity index (χ2v) is 6.69. The van der Waals surface area contributed by atoms with Crippen LogP contribution in [0.15, 0.2) is 50.0 Å². The smallest absolute Gasteiger partial charge is 0.338 e. The summed E-state index contributed by atoms with van der Waals surface area (Å²) in [5, 5.41) is 11.8. The van der Waals surface area contributed by atoms with Crippen molar-refractivity contribution in [3.63, 3.8) is 0 Å². The molecule has 19 heavy (non-hydrogen) atoms. The summed E-state index contributed by atoms with van der Waals surface area (Å²) in [5.41, 5.74) is 5.00. The van der Waals surface area contributed by atoms with E-state index in [2.05, 4.69) is 15.9 Å². The lowest BCUT2D eigenvalue weighted by Gasteiger charge is -2.11. The predicted molar refractivity (Wildman–Crippen MR) is 79.5 cm³/mol. The van der Waals surface area contributed by atoms with Gasteiger partial charge < -0.3 is 5.73 Å². The third-order valence-electron chi connectivity index (χ3n) is 2.29. The molecule has 2 rings (SSSR count). The summed E-state index contributed by atoms with van der Waals surface area (Å²) in [6, 6.07) is 9.04. The topological polar surface area (TPSA) is 66.6 Å². The molecule has 2 amide bonds. The van der Waals surface area contributed by atoms with E-state index in [1.165, 1.54) is 11.3 Å². The van der Waals surface area contributed by atoms with Crippen LogP contribution in [0.5, 0.6) is 0 Å². The minimum atomic E-state index is -0.854. The van der Waals surface area contributed by atoms with Gasteiger partial charge in [-0.15, -0.1) is 11.3 Å². The second kappa shape index (κ2) is 6.42. The van der Waals surface area contributed by atoms with Crippen LogP contribution in [-0.2, 0) is 6.54 Å². The Morgan fingerprint density at radius 2 is 2.05 bits per heavy atom. The van der Waals surface area contributed by atoms with Gasteiger partial charge in [-0.05, 0) is 35.7 Å². The van der Waals surface area contributed by atoms with Gasteiger partial charge in [-0.25, -0.2) is 9.86 Å². The molecule has 1 aromatic heterocycles. The molecule has 0 atom stereocenters. The van der Waals surface area contributed by atoms with Crippen LogP contribution >= 0.6 is 39.0 Å². The van der Waals surface area contributed by atoms with E-state index >= 15 is 0 Å². The Bertz CT molecular complexity index is 571. The van der Waals surface area contributed by atoms with Gasteiger partial charge >= 0.3 is 6.03 Å². The van der Waals surface area contributed by atoms with Gasteiger partial charge in [0.2, 0.25) is 0 Å². The number of hydrogen-bond acceptors (Lipinski definition) is 4. The van der Waals surface area contributed by atoms with Crippen molar-refractivity contribution in [1.29, 1.82) is 0 Å².